The zero-order chi connectivity index (χ0) is 12.4. The van der Waals surface area contributed by atoms with Crippen molar-refractivity contribution in [1.82, 2.24) is 15.3 Å². The second-order valence-electron chi connectivity index (χ2n) is 4.95. The van der Waals surface area contributed by atoms with Gasteiger partial charge in [-0.3, -0.25) is 0 Å². The average molecular weight is 261 g/mol. The molecule has 0 aliphatic carbocycles. The van der Waals surface area contributed by atoms with Crippen molar-refractivity contribution < 1.29 is 0 Å². The van der Waals surface area contributed by atoms with Crippen molar-refractivity contribution in [2.45, 2.75) is 38.6 Å². The van der Waals surface area contributed by atoms with Crippen LogP contribution < -0.4 is 5.32 Å². The van der Waals surface area contributed by atoms with Gasteiger partial charge in [0.05, 0.1) is 22.8 Å². The highest BCUT2D eigenvalue weighted by Crippen LogP contribution is 2.28. The number of aromatic nitrogens is 2. The fraction of sp³-hybridized carbons (Fsp3) is 0.500. The number of aryl methyl sites for hydroxylation is 1. The Morgan fingerprint density at radius 1 is 1.28 bits per heavy atom. The molecule has 96 valence electrons. The molecule has 2 aromatic heterocycles. The lowest BCUT2D eigenvalue weighted by Crippen LogP contribution is -2.21. The van der Waals surface area contributed by atoms with Crippen molar-refractivity contribution in [2.75, 3.05) is 6.54 Å². The molecule has 0 amide bonds. The van der Waals surface area contributed by atoms with Crippen LogP contribution in [0, 0.1) is 6.92 Å². The summed E-state index contributed by atoms with van der Waals surface area (Å²) in [6.45, 7) is 3.25. The molecule has 0 saturated carbocycles. The van der Waals surface area contributed by atoms with E-state index in [1.54, 1.807) is 0 Å². The van der Waals surface area contributed by atoms with Crippen LogP contribution in [0.15, 0.2) is 18.3 Å². The van der Waals surface area contributed by atoms with Gasteiger partial charge in [0.15, 0.2) is 0 Å². The highest BCUT2D eigenvalue weighted by atomic mass is 32.1. The maximum Gasteiger partial charge on any atom is 0.123 e. The predicted octanol–water partition coefficient (Wildman–Crippen LogP) is 3.65. The molecule has 3 rings (SSSR count). The summed E-state index contributed by atoms with van der Waals surface area (Å²) in [5.41, 5.74) is 1.15. The maximum absolute atomic E-state index is 4.56. The van der Waals surface area contributed by atoms with Crippen LogP contribution in [0.2, 0.25) is 0 Å². The molecule has 1 unspecified atom stereocenters. The average Bonchev–Trinajstić information content (AvgIpc) is 2.92. The molecule has 2 aromatic rings. The van der Waals surface area contributed by atoms with Gasteiger partial charge in [-0.1, -0.05) is 12.8 Å². The molecule has 18 heavy (non-hydrogen) atoms. The fourth-order valence-corrected chi connectivity index (χ4v) is 3.31. The summed E-state index contributed by atoms with van der Waals surface area (Å²) in [6.07, 6.45) is 7.07. The molecule has 1 aliphatic heterocycles. The third kappa shape index (κ3) is 2.49. The number of aromatic amines is 1. The Kier molecular flexibility index (Phi) is 3.48. The number of thiophene rings is 1. The first-order chi connectivity index (χ1) is 8.83. The van der Waals surface area contributed by atoms with Gasteiger partial charge in [0.1, 0.15) is 5.82 Å². The van der Waals surface area contributed by atoms with Crippen LogP contribution in [0.5, 0.6) is 0 Å². The van der Waals surface area contributed by atoms with E-state index in [0.717, 1.165) is 18.1 Å². The molecule has 1 saturated heterocycles. The van der Waals surface area contributed by atoms with Crippen LogP contribution in [-0.4, -0.2) is 16.5 Å². The number of hydrogen-bond acceptors (Lipinski definition) is 3. The van der Waals surface area contributed by atoms with E-state index in [-0.39, 0.29) is 0 Å². The molecule has 3 nitrogen and oxygen atoms in total. The quantitative estimate of drug-likeness (QED) is 0.866. The fourth-order valence-electron chi connectivity index (χ4n) is 2.48. The second-order valence-corrected chi connectivity index (χ2v) is 6.24. The van der Waals surface area contributed by atoms with E-state index in [9.17, 15) is 0 Å². The molecule has 0 radical (unpaired) electrons. The summed E-state index contributed by atoms with van der Waals surface area (Å²) >= 11 is 1.81. The molecule has 0 aromatic carbocycles. The third-order valence-electron chi connectivity index (χ3n) is 3.49. The third-order valence-corrected chi connectivity index (χ3v) is 4.53. The number of nitrogens with zero attached hydrogens (tertiary/aromatic N) is 1. The van der Waals surface area contributed by atoms with Crippen LogP contribution in [-0.2, 0) is 0 Å². The molecule has 1 aliphatic rings. The molecule has 3 heterocycles. The maximum atomic E-state index is 4.56. The Morgan fingerprint density at radius 2 is 2.22 bits per heavy atom. The van der Waals surface area contributed by atoms with E-state index in [2.05, 4.69) is 34.3 Å². The summed E-state index contributed by atoms with van der Waals surface area (Å²) in [5.74, 6) is 1.10. The van der Waals surface area contributed by atoms with Crippen LogP contribution in [0.25, 0.3) is 10.6 Å². The van der Waals surface area contributed by atoms with Crippen molar-refractivity contribution >= 4 is 11.3 Å². The van der Waals surface area contributed by atoms with Crippen molar-refractivity contribution in [3.05, 3.63) is 29.0 Å². The zero-order valence-electron chi connectivity index (χ0n) is 10.7. The Morgan fingerprint density at radius 3 is 3.06 bits per heavy atom. The molecule has 1 fully saturated rings. The first-order valence-corrected chi connectivity index (χ1v) is 7.50. The number of hydrogen-bond donors (Lipinski definition) is 2. The predicted molar refractivity (Wildman–Crippen MR) is 75.8 cm³/mol. The SMILES string of the molecule is Cc1ccc(-c2cnc(C3CCCCCN3)[nH]2)s1. The van der Waals surface area contributed by atoms with Crippen molar-refractivity contribution in [1.29, 1.82) is 0 Å². The van der Waals surface area contributed by atoms with Crippen LogP contribution in [0.4, 0.5) is 0 Å². The smallest absolute Gasteiger partial charge is 0.123 e. The molecule has 1 atom stereocenters. The number of H-pyrrole nitrogens is 1. The van der Waals surface area contributed by atoms with Gasteiger partial charge in [0, 0.05) is 4.88 Å². The van der Waals surface area contributed by atoms with Gasteiger partial charge in [-0.05, 0) is 38.4 Å². The van der Waals surface area contributed by atoms with E-state index in [0.29, 0.717) is 6.04 Å². The Balaban J connectivity index is 1.80. The molecular weight excluding hydrogens is 242 g/mol. The van der Waals surface area contributed by atoms with Gasteiger partial charge in [0.2, 0.25) is 0 Å². The largest absolute Gasteiger partial charge is 0.340 e. The van der Waals surface area contributed by atoms with Crippen molar-refractivity contribution in [3.63, 3.8) is 0 Å². The summed E-state index contributed by atoms with van der Waals surface area (Å²) in [7, 11) is 0. The number of imidazole rings is 1. The Hall–Kier alpha value is -1.13. The van der Waals surface area contributed by atoms with Gasteiger partial charge >= 0.3 is 0 Å². The van der Waals surface area contributed by atoms with E-state index < -0.39 is 0 Å². The second kappa shape index (κ2) is 5.24. The normalized spacial score (nSPS) is 20.8. The van der Waals surface area contributed by atoms with Crippen LogP contribution in [0.3, 0.4) is 0 Å². The molecular formula is C14H19N3S. The first kappa shape index (κ1) is 11.9. The standard InChI is InChI=1S/C14H19N3S/c1-10-6-7-13(18-10)12-9-16-14(17-12)11-5-3-2-4-8-15-11/h6-7,9,11,15H,2-5,8H2,1H3,(H,16,17). The van der Waals surface area contributed by atoms with Gasteiger partial charge in [0.25, 0.3) is 0 Å². The lowest BCUT2D eigenvalue weighted by molar-refractivity contribution is 0.512. The summed E-state index contributed by atoms with van der Waals surface area (Å²) in [4.78, 5) is 10.7. The summed E-state index contributed by atoms with van der Waals surface area (Å²) in [5, 5.41) is 3.58. The van der Waals surface area contributed by atoms with E-state index in [1.165, 1.54) is 35.4 Å². The summed E-state index contributed by atoms with van der Waals surface area (Å²) < 4.78 is 0. The Bertz CT molecular complexity index is 507. The summed E-state index contributed by atoms with van der Waals surface area (Å²) in [6, 6.07) is 4.73. The Labute approximate surface area is 112 Å². The highest BCUT2D eigenvalue weighted by molar-refractivity contribution is 7.15. The minimum absolute atomic E-state index is 0.405. The van der Waals surface area contributed by atoms with Crippen molar-refractivity contribution in [2.24, 2.45) is 0 Å². The van der Waals surface area contributed by atoms with Gasteiger partial charge in [-0.25, -0.2) is 4.98 Å². The van der Waals surface area contributed by atoms with Gasteiger partial charge < -0.3 is 10.3 Å². The minimum atomic E-state index is 0.405. The monoisotopic (exact) mass is 261 g/mol. The molecule has 2 N–H and O–H groups in total. The topological polar surface area (TPSA) is 40.7 Å². The van der Waals surface area contributed by atoms with Crippen molar-refractivity contribution in [3.8, 4) is 10.6 Å². The number of rotatable bonds is 2. The highest BCUT2D eigenvalue weighted by Gasteiger charge is 2.17. The van der Waals surface area contributed by atoms with Gasteiger partial charge in [-0.15, -0.1) is 11.3 Å². The lowest BCUT2D eigenvalue weighted by atomic mass is 10.1. The molecule has 0 spiro atoms. The molecule has 4 heteroatoms. The van der Waals surface area contributed by atoms with Gasteiger partial charge in [-0.2, -0.15) is 0 Å². The van der Waals surface area contributed by atoms with E-state index in [1.807, 2.05) is 17.5 Å². The zero-order valence-corrected chi connectivity index (χ0v) is 11.5. The van der Waals surface area contributed by atoms with E-state index in [4.69, 9.17) is 0 Å². The lowest BCUT2D eigenvalue weighted by Gasteiger charge is -2.12. The molecule has 0 bridgehead atoms. The first-order valence-electron chi connectivity index (χ1n) is 6.68. The van der Waals surface area contributed by atoms with E-state index >= 15 is 0 Å². The van der Waals surface area contributed by atoms with Crippen LogP contribution >= 0.6 is 11.3 Å². The minimum Gasteiger partial charge on any atom is -0.340 e. The number of nitrogens with one attached hydrogen (secondary N) is 2. The van der Waals surface area contributed by atoms with Crippen LogP contribution in [0.1, 0.15) is 42.4 Å².